The summed E-state index contributed by atoms with van der Waals surface area (Å²) < 4.78 is 18.8. The van der Waals surface area contributed by atoms with Crippen LogP contribution < -0.4 is 30.2 Å². The number of nitrogens with one attached hydrogen (secondary N) is 3. The summed E-state index contributed by atoms with van der Waals surface area (Å²) >= 11 is 0. The van der Waals surface area contributed by atoms with Gasteiger partial charge < -0.3 is 35.1 Å². The Labute approximate surface area is 277 Å². The Morgan fingerprint density at radius 3 is 2.56 bits per heavy atom. The number of aromatic nitrogens is 3. The average Bonchev–Trinajstić information content (AvgIpc) is 3.52. The van der Waals surface area contributed by atoms with Crippen LogP contribution in [0, 0.1) is 5.92 Å². The van der Waals surface area contributed by atoms with E-state index < -0.39 is 23.8 Å². The Bertz CT molecular complexity index is 1810. The Morgan fingerprint density at radius 2 is 1.79 bits per heavy atom. The lowest BCUT2D eigenvalue weighted by molar-refractivity contribution is -0.130. The Morgan fingerprint density at radius 1 is 0.979 bits per heavy atom. The van der Waals surface area contributed by atoms with Gasteiger partial charge in [-0.1, -0.05) is 19.9 Å². The molecule has 4 aromatic rings. The van der Waals surface area contributed by atoms with Crippen LogP contribution >= 0.6 is 0 Å². The number of methoxy groups -OCH3 is 2. The Kier molecular flexibility index (Phi) is 10.7. The van der Waals surface area contributed by atoms with Crippen LogP contribution in [0.25, 0.3) is 5.65 Å². The quantitative estimate of drug-likeness (QED) is 0.299. The van der Waals surface area contributed by atoms with E-state index in [1.165, 1.54) is 29.8 Å². The van der Waals surface area contributed by atoms with Crippen molar-refractivity contribution in [2.75, 3.05) is 33.9 Å². The van der Waals surface area contributed by atoms with Crippen LogP contribution in [0.15, 0.2) is 60.9 Å². The number of carbonyl (C=O) groups excluding carboxylic acids is 4. The number of hydrogen-bond acceptors (Lipinski definition) is 9. The number of hydrogen-bond donors (Lipinski definition) is 3. The number of benzene rings is 2. The van der Waals surface area contributed by atoms with E-state index in [9.17, 15) is 19.2 Å². The van der Waals surface area contributed by atoms with E-state index in [1.54, 1.807) is 54.7 Å². The molecule has 0 fully saturated rings. The highest BCUT2D eigenvalue weighted by atomic mass is 16.5. The van der Waals surface area contributed by atoms with Crippen molar-refractivity contribution in [1.82, 2.24) is 35.4 Å². The normalized spacial score (nSPS) is 16.6. The smallest absolute Gasteiger partial charge is 0.274 e. The first-order chi connectivity index (χ1) is 23.2. The first-order valence-electron chi connectivity index (χ1n) is 15.6. The summed E-state index contributed by atoms with van der Waals surface area (Å²) in [5.41, 5.74) is 1.57. The minimum absolute atomic E-state index is 0.00562. The largest absolute Gasteiger partial charge is 0.496 e. The van der Waals surface area contributed by atoms with E-state index in [4.69, 9.17) is 14.2 Å². The minimum atomic E-state index is -0.899. The second kappa shape index (κ2) is 15.3. The molecule has 2 bridgehead atoms. The number of nitrogens with zero attached hydrogens (tertiary/aromatic N) is 4. The van der Waals surface area contributed by atoms with Gasteiger partial charge in [-0.2, -0.15) is 5.10 Å². The van der Waals surface area contributed by atoms with Crippen molar-refractivity contribution in [3.63, 3.8) is 0 Å². The van der Waals surface area contributed by atoms with Crippen LogP contribution in [0.4, 0.5) is 0 Å². The number of rotatable bonds is 4. The SMILES string of the molecule is COc1ccc2cc1Oc1cccc(OC)c1CNC(=O)[C@@H](C(C)C)NC(=O)CN(C(=O)c1cnc3cccnn13)CCCCNC2=O. The second-order valence-corrected chi connectivity index (χ2v) is 11.5. The summed E-state index contributed by atoms with van der Waals surface area (Å²) in [5, 5.41) is 12.9. The van der Waals surface area contributed by atoms with Crippen LogP contribution in [0.5, 0.6) is 23.0 Å². The van der Waals surface area contributed by atoms with Gasteiger partial charge in [-0.3, -0.25) is 19.2 Å². The van der Waals surface area contributed by atoms with Gasteiger partial charge in [-0.15, -0.1) is 0 Å². The van der Waals surface area contributed by atoms with Crippen molar-refractivity contribution < 1.29 is 33.4 Å². The highest BCUT2D eigenvalue weighted by molar-refractivity contribution is 5.96. The van der Waals surface area contributed by atoms with E-state index in [-0.39, 0.29) is 37.2 Å². The molecule has 252 valence electrons. The van der Waals surface area contributed by atoms with Gasteiger partial charge in [0, 0.05) is 24.8 Å². The Balaban J connectivity index is 1.46. The third kappa shape index (κ3) is 7.65. The fourth-order valence-corrected chi connectivity index (χ4v) is 5.36. The summed E-state index contributed by atoms with van der Waals surface area (Å²) in [7, 11) is 3.01. The van der Waals surface area contributed by atoms with E-state index in [0.717, 1.165) is 0 Å². The number of amides is 4. The number of imidazole rings is 1. The summed E-state index contributed by atoms with van der Waals surface area (Å²) in [5.74, 6) is -0.434. The van der Waals surface area contributed by atoms with Crippen LogP contribution in [0.2, 0.25) is 0 Å². The summed E-state index contributed by atoms with van der Waals surface area (Å²) in [6.07, 6.45) is 3.96. The highest BCUT2D eigenvalue weighted by Crippen LogP contribution is 2.37. The fraction of sp³-hybridized carbons (Fsp3) is 0.353. The fourth-order valence-electron chi connectivity index (χ4n) is 5.36. The molecule has 0 saturated carbocycles. The van der Waals surface area contributed by atoms with Crippen molar-refractivity contribution in [3.05, 3.63) is 77.7 Å². The zero-order chi connectivity index (χ0) is 34.2. The van der Waals surface area contributed by atoms with Gasteiger partial charge in [0.2, 0.25) is 11.8 Å². The molecule has 14 heteroatoms. The number of ether oxygens (including phenoxy) is 3. The van der Waals surface area contributed by atoms with Gasteiger partial charge >= 0.3 is 0 Å². The standard InChI is InChI=1S/C34H39N7O7/c1-21(2)31-33(44)37-18-23-25(46-3)9-7-10-26(23)48-28-17-22(12-13-27(28)47-4)32(43)35-14-5-6-16-40(20-30(42)39-31)34(45)24-19-36-29-11-8-15-38-41(24)29/h7-13,15,17,19,21,31H,5-6,14,16,18,20H2,1-4H3,(H,35,43)(H,37,44)(H,39,42)/t31-/m1/s1. The highest BCUT2D eigenvalue weighted by Gasteiger charge is 2.28. The molecule has 1 aliphatic rings. The van der Waals surface area contributed by atoms with E-state index in [0.29, 0.717) is 59.2 Å². The van der Waals surface area contributed by atoms with Gasteiger partial charge in [-0.05, 0) is 61.2 Å². The van der Waals surface area contributed by atoms with Gasteiger partial charge in [0.05, 0.1) is 39.1 Å². The zero-order valence-electron chi connectivity index (χ0n) is 27.3. The molecule has 0 saturated heterocycles. The molecule has 3 N–H and O–H groups in total. The molecular formula is C34H39N7O7. The number of fused-ring (bicyclic) bond motifs is 4. The van der Waals surface area contributed by atoms with E-state index >= 15 is 0 Å². The molecule has 14 nitrogen and oxygen atoms in total. The molecule has 0 radical (unpaired) electrons. The molecule has 5 rings (SSSR count). The lowest BCUT2D eigenvalue weighted by Crippen LogP contribution is -2.52. The van der Waals surface area contributed by atoms with Crippen LogP contribution in [0.3, 0.4) is 0 Å². The molecule has 2 aromatic carbocycles. The topological polar surface area (TPSA) is 165 Å². The maximum absolute atomic E-state index is 13.7. The van der Waals surface area contributed by atoms with Gasteiger partial charge in [0.1, 0.15) is 17.5 Å². The predicted molar refractivity (Wildman–Crippen MR) is 175 cm³/mol. The first kappa shape index (κ1) is 33.7. The predicted octanol–water partition coefficient (Wildman–Crippen LogP) is 2.96. The molecule has 1 aliphatic heterocycles. The molecule has 4 amide bonds. The maximum atomic E-state index is 13.7. The zero-order valence-corrected chi connectivity index (χ0v) is 27.3. The average molecular weight is 658 g/mol. The molecule has 3 heterocycles. The van der Waals surface area contributed by atoms with Gasteiger partial charge in [0.15, 0.2) is 22.8 Å². The van der Waals surface area contributed by atoms with Crippen LogP contribution in [-0.4, -0.2) is 83.0 Å². The van der Waals surface area contributed by atoms with Crippen LogP contribution in [0.1, 0.15) is 53.1 Å². The molecule has 0 unspecified atom stereocenters. The van der Waals surface area contributed by atoms with Crippen molar-refractivity contribution in [2.24, 2.45) is 5.92 Å². The third-order valence-corrected chi connectivity index (χ3v) is 7.92. The monoisotopic (exact) mass is 657 g/mol. The second-order valence-electron chi connectivity index (χ2n) is 11.5. The summed E-state index contributed by atoms with van der Waals surface area (Å²) in [6.45, 7) is 3.87. The lowest BCUT2D eigenvalue weighted by atomic mass is 10.0. The molecule has 0 spiro atoms. The van der Waals surface area contributed by atoms with Crippen LogP contribution in [-0.2, 0) is 16.1 Å². The van der Waals surface area contributed by atoms with E-state index in [2.05, 4.69) is 26.0 Å². The van der Waals surface area contributed by atoms with Gasteiger partial charge in [0.25, 0.3) is 11.8 Å². The molecule has 0 aliphatic carbocycles. The van der Waals surface area contributed by atoms with Crippen molar-refractivity contribution in [1.29, 1.82) is 0 Å². The molecule has 48 heavy (non-hydrogen) atoms. The van der Waals surface area contributed by atoms with Crippen molar-refractivity contribution in [2.45, 2.75) is 39.3 Å². The van der Waals surface area contributed by atoms with Crippen molar-refractivity contribution >= 4 is 29.3 Å². The number of carbonyl (C=O) groups is 4. The maximum Gasteiger partial charge on any atom is 0.274 e. The van der Waals surface area contributed by atoms with Gasteiger partial charge in [-0.25, -0.2) is 9.50 Å². The molecular weight excluding hydrogens is 618 g/mol. The van der Waals surface area contributed by atoms with Crippen molar-refractivity contribution in [3.8, 4) is 23.0 Å². The minimum Gasteiger partial charge on any atom is -0.496 e. The lowest BCUT2D eigenvalue weighted by Gasteiger charge is -2.26. The Hall–Kier alpha value is -5.66. The van der Waals surface area contributed by atoms with E-state index in [1.807, 2.05) is 13.8 Å². The summed E-state index contributed by atoms with van der Waals surface area (Å²) in [6, 6.07) is 12.6. The molecule has 2 aromatic heterocycles. The molecule has 1 atom stereocenters. The summed E-state index contributed by atoms with van der Waals surface area (Å²) in [4.78, 5) is 59.5. The first-order valence-corrected chi connectivity index (χ1v) is 15.6. The third-order valence-electron chi connectivity index (χ3n) is 7.92.